The normalized spacial score (nSPS) is 14.2. The first-order chi connectivity index (χ1) is 8.79. The van der Waals surface area contributed by atoms with Crippen LogP contribution >= 0.6 is 12.4 Å². The quantitative estimate of drug-likeness (QED) is 0.876. The summed E-state index contributed by atoms with van der Waals surface area (Å²) in [5.41, 5.74) is 5.22. The lowest BCUT2D eigenvalue weighted by molar-refractivity contribution is -0.153. The van der Waals surface area contributed by atoms with Crippen molar-refractivity contribution in [2.45, 2.75) is 24.7 Å². The molecule has 0 saturated heterocycles. The van der Waals surface area contributed by atoms with Crippen molar-refractivity contribution >= 4 is 12.4 Å². The van der Waals surface area contributed by atoms with Gasteiger partial charge in [-0.2, -0.15) is 13.2 Å². The summed E-state index contributed by atoms with van der Waals surface area (Å²) in [6.07, 6.45) is -6.54. The maximum atomic E-state index is 12.3. The van der Waals surface area contributed by atoms with Gasteiger partial charge in [0.05, 0.1) is 20.3 Å². The second kappa shape index (κ2) is 7.56. The van der Waals surface area contributed by atoms with E-state index in [1.165, 1.54) is 32.4 Å². The molecule has 4 nitrogen and oxygen atoms in total. The zero-order chi connectivity index (χ0) is 14.6. The highest BCUT2D eigenvalue weighted by Crippen LogP contribution is 2.33. The van der Waals surface area contributed by atoms with Gasteiger partial charge in [0, 0.05) is 18.1 Å². The molecule has 0 heterocycles. The van der Waals surface area contributed by atoms with Gasteiger partial charge in [-0.3, -0.25) is 0 Å². The maximum Gasteiger partial charge on any atom is 0.403 e. The average molecular weight is 316 g/mol. The third kappa shape index (κ3) is 4.73. The zero-order valence-electron chi connectivity index (χ0n) is 11.0. The highest BCUT2D eigenvalue weighted by molar-refractivity contribution is 5.85. The first-order valence-electron chi connectivity index (χ1n) is 5.52. The van der Waals surface area contributed by atoms with Crippen LogP contribution in [0.3, 0.4) is 0 Å². The molecule has 0 fully saturated rings. The topological polar surface area (TPSA) is 64.7 Å². The second-order valence-electron chi connectivity index (χ2n) is 4.01. The SMILES string of the molecule is COc1ccc([C@H](O)C[C@H](N)C(F)(F)F)c(OC)c1.Cl. The number of halogens is 4. The third-order valence-corrected chi connectivity index (χ3v) is 2.70. The van der Waals surface area contributed by atoms with Crippen LogP contribution in [-0.2, 0) is 0 Å². The van der Waals surface area contributed by atoms with Crippen molar-refractivity contribution < 1.29 is 27.8 Å². The average Bonchev–Trinajstić information content (AvgIpc) is 2.36. The molecular weight excluding hydrogens is 299 g/mol. The molecule has 0 bridgehead atoms. The summed E-state index contributed by atoms with van der Waals surface area (Å²) in [5, 5.41) is 9.83. The summed E-state index contributed by atoms with van der Waals surface area (Å²) in [6.45, 7) is 0. The number of nitrogens with two attached hydrogens (primary N) is 1. The predicted molar refractivity (Wildman–Crippen MR) is 70.4 cm³/mol. The van der Waals surface area contributed by atoms with Crippen LogP contribution < -0.4 is 15.2 Å². The zero-order valence-corrected chi connectivity index (χ0v) is 11.8. The molecule has 1 rings (SSSR count). The number of alkyl halides is 3. The molecule has 3 N–H and O–H groups in total. The van der Waals surface area contributed by atoms with E-state index >= 15 is 0 Å². The molecule has 0 amide bonds. The van der Waals surface area contributed by atoms with E-state index in [1.807, 2.05) is 0 Å². The fraction of sp³-hybridized carbons (Fsp3) is 0.500. The summed E-state index contributed by atoms with van der Waals surface area (Å²) < 4.78 is 47.0. The number of ether oxygens (including phenoxy) is 2. The largest absolute Gasteiger partial charge is 0.497 e. The first kappa shape index (κ1) is 18.8. The molecule has 0 aliphatic carbocycles. The molecule has 0 aliphatic rings. The Kier molecular flexibility index (Phi) is 7.12. The van der Waals surface area contributed by atoms with Crippen molar-refractivity contribution in [3.8, 4) is 11.5 Å². The van der Waals surface area contributed by atoms with Crippen LogP contribution in [0.4, 0.5) is 13.2 Å². The molecule has 116 valence electrons. The van der Waals surface area contributed by atoms with Gasteiger partial charge in [0.1, 0.15) is 17.5 Å². The molecule has 0 spiro atoms. The van der Waals surface area contributed by atoms with E-state index < -0.39 is 24.7 Å². The van der Waals surface area contributed by atoms with Crippen LogP contribution in [0.5, 0.6) is 11.5 Å². The van der Waals surface area contributed by atoms with E-state index in [9.17, 15) is 18.3 Å². The minimum Gasteiger partial charge on any atom is -0.497 e. The highest BCUT2D eigenvalue weighted by atomic mass is 35.5. The highest BCUT2D eigenvalue weighted by Gasteiger charge is 2.38. The third-order valence-electron chi connectivity index (χ3n) is 2.70. The number of methoxy groups -OCH3 is 2. The molecule has 0 radical (unpaired) electrons. The van der Waals surface area contributed by atoms with Gasteiger partial charge in [-0.25, -0.2) is 0 Å². The minimum atomic E-state index is -4.54. The Bertz CT molecular complexity index is 429. The van der Waals surface area contributed by atoms with E-state index in [0.29, 0.717) is 5.75 Å². The lowest BCUT2D eigenvalue weighted by Crippen LogP contribution is -2.38. The summed E-state index contributed by atoms with van der Waals surface area (Å²) in [6, 6.07) is 2.37. The molecule has 0 aromatic heterocycles. The maximum absolute atomic E-state index is 12.3. The summed E-state index contributed by atoms with van der Waals surface area (Å²) in [5.74, 6) is 0.731. The van der Waals surface area contributed by atoms with Crippen molar-refractivity contribution in [2.24, 2.45) is 5.73 Å². The second-order valence-corrected chi connectivity index (χ2v) is 4.01. The monoisotopic (exact) mass is 315 g/mol. The molecular formula is C12H17ClF3NO3. The van der Waals surface area contributed by atoms with Crippen molar-refractivity contribution in [1.29, 1.82) is 0 Å². The van der Waals surface area contributed by atoms with Gasteiger partial charge in [-0.15, -0.1) is 12.4 Å². The van der Waals surface area contributed by atoms with Crippen LogP contribution in [0.25, 0.3) is 0 Å². The molecule has 1 aromatic rings. The Labute approximate surface area is 121 Å². The Morgan fingerprint density at radius 1 is 1.25 bits per heavy atom. The molecule has 8 heteroatoms. The van der Waals surface area contributed by atoms with Crippen molar-refractivity contribution in [2.75, 3.05) is 14.2 Å². The summed E-state index contributed by atoms with van der Waals surface area (Å²) in [7, 11) is 2.80. The fourth-order valence-corrected chi connectivity index (χ4v) is 1.59. The summed E-state index contributed by atoms with van der Waals surface area (Å²) >= 11 is 0. The van der Waals surface area contributed by atoms with E-state index in [-0.39, 0.29) is 23.7 Å². The van der Waals surface area contributed by atoms with Crippen molar-refractivity contribution in [3.63, 3.8) is 0 Å². The smallest absolute Gasteiger partial charge is 0.403 e. The number of aliphatic hydroxyl groups is 1. The predicted octanol–water partition coefficient (Wildman–Crippen LogP) is 2.44. The molecule has 0 unspecified atom stereocenters. The van der Waals surface area contributed by atoms with E-state index in [4.69, 9.17) is 15.2 Å². The Balaban J connectivity index is 0.00000361. The number of rotatable bonds is 5. The van der Waals surface area contributed by atoms with Gasteiger partial charge < -0.3 is 20.3 Å². The first-order valence-corrected chi connectivity index (χ1v) is 5.52. The fourth-order valence-electron chi connectivity index (χ4n) is 1.59. The Morgan fingerprint density at radius 2 is 1.85 bits per heavy atom. The van der Waals surface area contributed by atoms with Crippen LogP contribution in [0.15, 0.2) is 18.2 Å². The van der Waals surface area contributed by atoms with Crippen LogP contribution in [0.1, 0.15) is 18.1 Å². The molecule has 0 saturated carbocycles. The Morgan fingerprint density at radius 3 is 2.30 bits per heavy atom. The minimum absolute atomic E-state index is 0. The lowest BCUT2D eigenvalue weighted by atomic mass is 10.0. The van der Waals surface area contributed by atoms with Gasteiger partial charge in [0.15, 0.2) is 0 Å². The van der Waals surface area contributed by atoms with Crippen LogP contribution in [0.2, 0.25) is 0 Å². The van der Waals surface area contributed by atoms with E-state index in [2.05, 4.69) is 0 Å². The number of hydrogen-bond donors (Lipinski definition) is 2. The number of benzene rings is 1. The van der Waals surface area contributed by atoms with Crippen molar-refractivity contribution in [3.05, 3.63) is 23.8 Å². The van der Waals surface area contributed by atoms with Crippen LogP contribution in [-0.4, -0.2) is 31.5 Å². The molecule has 1 aromatic carbocycles. The van der Waals surface area contributed by atoms with Crippen LogP contribution in [0, 0.1) is 0 Å². The van der Waals surface area contributed by atoms with E-state index in [1.54, 1.807) is 0 Å². The number of aliphatic hydroxyl groups excluding tert-OH is 1. The molecule has 20 heavy (non-hydrogen) atoms. The van der Waals surface area contributed by atoms with Gasteiger partial charge in [0.2, 0.25) is 0 Å². The van der Waals surface area contributed by atoms with Gasteiger partial charge in [-0.1, -0.05) is 0 Å². The van der Waals surface area contributed by atoms with E-state index in [0.717, 1.165) is 0 Å². The number of hydrogen-bond acceptors (Lipinski definition) is 4. The van der Waals surface area contributed by atoms with Crippen molar-refractivity contribution in [1.82, 2.24) is 0 Å². The summed E-state index contributed by atoms with van der Waals surface area (Å²) in [4.78, 5) is 0. The van der Waals surface area contributed by atoms with Gasteiger partial charge in [-0.05, 0) is 12.1 Å². The Hall–Kier alpha value is -1.18. The molecule has 0 aliphatic heterocycles. The molecule has 2 atom stereocenters. The van der Waals surface area contributed by atoms with Gasteiger partial charge >= 0.3 is 6.18 Å². The standard InChI is InChI=1S/C12H16F3NO3.ClH/c1-18-7-3-4-8(10(5-7)19-2)9(17)6-11(16)12(13,14)15;/h3-5,9,11,17H,6,16H2,1-2H3;1H/t9-,11+;/m1./s1. The van der Waals surface area contributed by atoms with Gasteiger partial charge in [0.25, 0.3) is 0 Å². The lowest BCUT2D eigenvalue weighted by Gasteiger charge is -2.21.